The summed E-state index contributed by atoms with van der Waals surface area (Å²) in [7, 11) is -3.39. The molecule has 1 unspecified atom stereocenters. The van der Waals surface area contributed by atoms with Gasteiger partial charge < -0.3 is 10.1 Å². The molecule has 7 heteroatoms. The Morgan fingerprint density at radius 1 is 1.07 bits per heavy atom. The fraction of sp³-hybridized carbons (Fsp3) is 0.700. The van der Waals surface area contributed by atoms with Crippen LogP contribution in [-0.2, 0) is 14.8 Å². The third-order valence-electron chi connectivity index (χ3n) is 6.43. The average Bonchev–Trinajstić information content (AvgIpc) is 2.69. The van der Waals surface area contributed by atoms with E-state index in [9.17, 15) is 8.42 Å². The van der Waals surface area contributed by atoms with E-state index in [0.717, 1.165) is 64.0 Å². The quantitative estimate of drug-likeness (QED) is 0.845. The van der Waals surface area contributed by atoms with Crippen LogP contribution in [0.2, 0.25) is 0 Å². The first kappa shape index (κ1) is 19.3. The zero-order valence-electron chi connectivity index (χ0n) is 16.2. The molecule has 1 aromatic rings. The Morgan fingerprint density at radius 2 is 1.74 bits per heavy atom. The summed E-state index contributed by atoms with van der Waals surface area (Å²) in [4.78, 5) is 2.90. The zero-order chi connectivity index (χ0) is 18.9. The van der Waals surface area contributed by atoms with Crippen molar-refractivity contribution in [2.24, 2.45) is 0 Å². The molecule has 0 bridgehead atoms. The first-order chi connectivity index (χ1) is 13.0. The van der Waals surface area contributed by atoms with Crippen LogP contribution in [0.15, 0.2) is 29.2 Å². The fourth-order valence-corrected chi connectivity index (χ4v) is 6.13. The van der Waals surface area contributed by atoms with Crippen LogP contribution in [0.25, 0.3) is 0 Å². The standard InChI is InChI=1S/C20H31N3O3S/c1-17-2-4-19(5-3-17)27(24,25)23-13-11-22(12-14-23)18-6-15-26-20(16-18)7-9-21-10-8-20/h2-5,18,21H,6-16H2,1H3. The van der Waals surface area contributed by atoms with Gasteiger partial charge in [0.05, 0.1) is 10.5 Å². The Morgan fingerprint density at radius 3 is 2.41 bits per heavy atom. The first-order valence-electron chi connectivity index (χ1n) is 10.1. The van der Waals surface area contributed by atoms with Crippen molar-refractivity contribution in [1.29, 1.82) is 0 Å². The van der Waals surface area contributed by atoms with E-state index in [-0.39, 0.29) is 5.60 Å². The van der Waals surface area contributed by atoms with E-state index < -0.39 is 10.0 Å². The van der Waals surface area contributed by atoms with Gasteiger partial charge in [-0.15, -0.1) is 0 Å². The summed E-state index contributed by atoms with van der Waals surface area (Å²) < 4.78 is 33.7. The van der Waals surface area contributed by atoms with Gasteiger partial charge in [-0.05, 0) is 57.8 Å². The van der Waals surface area contributed by atoms with Crippen LogP contribution in [0.5, 0.6) is 0 Å². The van der Waals surface area contributed by atoms with Crippen LogP contribution >= 0.6 is 0 Å². The minimum atomic E-state index is -3.39. The normalized spacial score (nSPS) is 27.7. The summed E-state index contributed by atoms with van der Waals surface area (Å²) in [6.45, 7) is 7.63. The van der Waals surface area contributed by atoms with Gasteiger partial charge in [0, 0.05) is 38.8 Å². The number of aryl methyl sites for hydroxylation is 1. The molecule has 27 heavy (non-hydrogen) atoms. The second-order valence-electron chi connectivity index (χ2n) is 8.18. The molecule has 0 radical (unpaired) electrons. The van der Waals surface area contributed by atoms with Crippen molar-refractivity contribution in [3.63, 3.8) is 0 Å². The number of sulfonamides is 1. The lowest BCUT2D eigenvalue weighted by molar-refractivity contribution is -0.122. The number of ether oxygens (including phenoxy) is 1. The molecule has 3 heterocycles. The number of nitrogens with zero attached hydrogens (tertiary/aromatic N) is 2. The zero-order valence-corrected chi connectivity index (χ0v) is 17.0. The van der Waals surface area contributed by atoms with Crippen LogP contribution < -0.4 is 5.32 Å². The second-order valence-corrected chi connectivity index (χ2v) is 10.1. The second kappa shape index (κ2) is 7.79. The molecule has 3 aliphatic rings. The number of nitrogens with one attached hydrogen (secondary N) is 1. The number of piperazine rings is 1. The maximum Gasteiger partial charge on any atom is 0.243 e. The lowest BCUT2D eigenvalue weighted by Crippen LogP contribution is -2.57. The molecular formula is C20H31N3O3S. The Kier molecular flexibility index (Phi) is 5.58. The van der Waals surface area contributed by atoms with Crippen LogP contribution in [0.3, 0.4) is 0 Å². The molecule has 6 nitrogen and oxygen atoms in total. The minimum Gasteiger partial charge on any atom is -0.375 e. The molecule has 3 aliphatic heterocycles. The van der Waals surface area contributed by atoms with Crippen molar-refractivity contribution in [2.75, 3.05) is 45.9 Å². The monoisotopic (exact) mass is 393 g/mol. The highest BCUT2D eigenvalue weighted by Gasteiger charge is 2.41. The SMILES string of the molecule is Cc1ccc(S(=O)(=O)N2CCN(C3CCOC4(CCNCC4)C3)CC2)cc1. The predicted octanol–water partition coefficient (Wildman–Crippen LogP) is 1.60. The van der Waals surface area contributed by atoms with Gasteiger partial charge in [0.25, 0.3) is 0 Å². The number of hydrogen-bond donors (Lipinski definition) is 1. The summed E-state index contributed by atoms with van der Waals surface area (Å²) in [5.41, 5.74) is 1.12. The summed E-state index contributed by atoms with van der Waals surface area (Å²) in [6.07, 6.45) is 4.32. The Bertz CT molecular complexity index is 731. The van der Waals surface area contributed by atoms with E-state index in [1.165, 1.54) is 0 Å². The van der Waals surface area contributed by atoms with Crippen LogP contribution in [0.4, 0.5) is 0 Å². The van der Waals surface area contributed by atoms with E-state index in [4.69, 9.17) is 4.74 Å². The highest BCUT2D eigenvalue weighted by Crippen LogP contribution is 2.35. The molecule has 0 saturated carbocycles. The molecule has 1 atom stereocenters. The van der Waals surface area contributed by atoms with E-state index in [1.807, 2.05) is 19.1 Å². The first-order valence-corrected chi connectivity index (χ1v) is 11.6. The summed E-state index contributed by atoms with van der Waals surface area (Å²) in [6, 6.07) is 7.68. The Labute approximate surface area is 162 Å². The smallest absolute Gasteiger partial charge is 0.243 e. The third-order valence-corrected chi connectivity index (χ3v) is 8.34. The lowest BCUT2D eigenvalue weighted by Gasteiger charge is -2.48. The highest BCUT2D eigenvalue weighted by molar-refractivity contribution is 7.89. The molecule has 0 aliphatic carbocycles. The number of rotatable bonds is 3. The Hall–Kier alpha value is -0.990. The molecular weight excluding hydrogens is 362 g/mol. The molecule has 0 amide bonds. The number of piperidine rings is 1. The molecule has 1 N–H and O–H groups in total. The summed E-state index contributed by atoms with van der Waals surface area (Å²) >= 11 is 0. The van der Waals surface area contributed by atoms with Gasteiger partial charge >= 0.3 is 0 Å². The van der Waals surface area contributed by atoms with E-state index in [1.54, 1.807) is 16.4 Å². The fourth-order valence-electron chi connectivity index (χ4n) is 4.71. The summed E-state index contributed by atoms with van der Waals surface area (Å²) in [5.74, 6) is 0. The van der Waals surface area contributed by atoms with Crippen molar-refractivity contribution in [3.05, 3.63) is 29.8 Å². The van der Waals surface area contributed by atoms with Gasteiger partial charge in [-0.3, -0.25) is 4.90 Å². The van der Waals surface area contributed by atoms with E-state index in [0.29, 0.717) is 24.0 Å². The third kappa shape index (κ3) is 4.07. The molecule has 4 rings (SSSR count). The van der Waals surface area contributed by atoms with Gasteiger partial charge in [0.2, 0.25) is 10.0 Å². The molecule has 3 saturated heterocycles. The molecule has 3 fully saturated rings. The van der Waals surface area contributed by atoms with Crippen molar-refractivity contribution in [2.45, 2.75) is 49.1 Å². The van der Waals surface area contributed by atoms with Gasteiger partial charge in [0.15, 0.2) is 0 Å². The van der Waals surface area contributed by atoms with Gasteiger partial charge in [0.1, 0.15) is 0 Å². The summed E-state index contributed by atoms with van der Waals surface area (Å²) in [5, 5.41) is 3.43. The molecule has 0 aromatic heterocycles. The average molecular weight is 394 g/mol. The van der Waals surface area contributed by atoms with Gasteiger partial charge in [-0.1, -0.05) is 17.7 Å². The molecule has 150 valence electrons. The van der Waals surface area contributed by atoms with Gasteiger partial charge in [-0.25, -0.2) is 8.42 Å². The van der Waals surface area contributed by atoms with Crippen LogP contribution in [0.1, 0.15) is 31.2 Å². The van der Waals surface area contributed by atoms with E-state index in [2.05, 4.69) is 10.2 Å². The minimum absolute atomic E-state index is 0.0409. The highest BCUT2D eigenvalue weighted by atomic mass is 32.2. The van der Waals surface area contributed by atoms with E-state index >= 15 is 0 Å². The number of benzene rings is 1. The lowest BCUT2D eigenvalue weighted by atomic mass is 9.82. The van der Waals surface area contributed by atoms with Crippen LogP contribution in [-0.4, -0.2) is 75.1 Å². The maximum absolute atomic E-state index is 12.9. The van der Waals surface area contributed by atoms with Crippen molar-refractivity contribution < 1.29 is 13.2 Å². The van der Waals surface area contributed by atoms with Crippen LogP contribution in [0, 0.1) is 6.92 Å². The van der Waals surface area contributed by atoms with Gasteiger partial charge in [-0.2, -0.15) is 4.31 Å². The largest absolute Gasteiger partial charge is 0.375 e. The maximum atomic E-state index is 12.9. The topological polar surface area (TPSA) is 61.9 Å². The van der Waals surface area contributed by atoms with Crippen molar-refractivity contribution >= 4 is 10.0 Å². The molecule has 1 spiro atoms. The number of hydrogen-bond acceptors (Lipinski definition) is 5. The Balaban J connectivity index is 1.38. The van der Waals surface area contributed by atoms with Crippen molar-refractivity contribution in [3.8, 4) is 0 Å². The predicted molar refractivity (Wildman–Crippen MR) is 105 cm³/mol. The molecule has 1 aromatic carbocycles. The van der Waals surface area contributed by atoms with Crippen molar-refractivity contribution in [1.82, 2.24) is 14.5 Å².